The van der Waals surface area contributed by atoms with Crippen molar-refractivity contribution in [1.29, 1.82) is 0 Å². The van der Waals surface area contributed by atoms with Gasteiger partial charge in [-0.2, -0.15) is 0 Å². The van der Waals surface area contributed by atoms with Crippen molar-refractivity contribution in [3.05, 3.63) is 35.4 Å². The van der Waals surface area contributed by atoms with Gasteiger partial charge in [0.05, 0.1) is 0 Å². The molecule has 1 heterocycles. The van der Waals surface area contributed by atoms with Crippen LogP contribution in [0, 0.1) is 0 Å². The van der Waals surface area contributed by atoms with Gasteiger partial charge in [0, 0.05) is 11.5 Å². The van der Waals surface area contributed by atoms with E-state index in [2.05, 4.69) is 57.3 Å². The Morgan fingerprint density at radius 1 is 1.25 bits per heavy atom. The van der Waals surface area contributed by atoms with Gasteiger partial charge < -0.3 is 5.32 Å². The summed E-state index contributed by atoms with van der Waals surface area (Å²) in [5.41, 5.74) is 3.23. The van der Waals surface area contributed by atoms with Crippen LogP contribution in [0.3, 0.4) is 0 Å². The van der Waals surface area contributed by atoms with E-state index < -0.39 is 0 Å². The average molecular weight is 217 g/mol. The lowest BCUT2D eigenvalue weighted by atomic mass is 9.76. The van der Waals surface area contributed by atoms with Crippen LogP contribution in [0.2, 0.25) is 0 Å². The molecule has 1 saturated heterocycles. The van der Waals surface area contributed by atoms with Crippen molar-refractivity contribution < 1.29 is 0 Å². The second-order valence-corrected chi connectivity index (χ2v) is 5.62. The molecule has 1 N–H and O–H groups in total. The number of benzene rings is 1. The third-order valence-electron chi connectivity index (χ3n) is 4.29. The minimum atomic E-state index is 0.315. The second-order valence-electron chi connectivity index (χ2n) is 5.62. The molecule has 1 fully saturated rings. The molecule has 0 amide bonds. The van der Waals surface area contributed by atoms with Gasteiger partial charge in [-0.25, -0.2) is 0 Å². The predicted octanol–water partition coefficient (Wildman–Crippen LogP) is 3.45. The minimum absolute atomic E-state index is 0.315. The lowest BCUT2D eigenvalue weighted by Gasteiger charge is -2.29. The van der Waals surface area contributed by atoms with Gasteiger partial charge in [0.15, 0.2) is 0 Å². The van der Waals surface area contributed by atoms with Crippen molar-refractivity contribution in [1.82, 2.24) is 5.32 Å². The molecular formula is C15H23N. The Bertz CT molecular complexity index is 352. The molecular weight excluding hydrogens is 194 g/mol. The molecule has 1 aromatic carbocycles. The van der Waals surface area contributed by atoms with E-state index >= 15 is 0 Å². The first kappa shape index (κ1) is 11.7. The highest BCUT2D eigenvalue weighted by Crippen LogP contribution is 2.35. The molecule has 2 rings (SSSR count). The molecule has 1 aromatic rings. The van der Waals surface area contributed by atoms with E-state index in [1.807, 2.05) is 0 Å². The smallest absolute Gasteiger partial charge is 0.0133 e. The van der Waals surface area contributed by atoms with E-state index in [1.165, 1.54) is 17.5 Å². The summed E-state index contributed by atoms with van der Waals surface area (Å²) >= 11 is 0. The zero-order valence-corrected chi connectivity index (χ0v) is 10.9. The Morgan fingerprint density at radius 2 is 1.88 bits per heavy atom. The highest BCUT2D eigenvalue weighted by molar-refractivity contribution is 5.32. The molecule has 0 aliphatic carbocycles. The van der Waals surface area contributed by atoms with Crippen LogP contribution in [-0.2, 0) is 5.41 Å². The zero-order chi connectivity index (χ0) is 11.8. The molecule has 1 aliphatic rings. The van der Waals surface area contributed by atoms with E-state index in [-0.39, 0.29) is 0 Å². The predicted molar refractivity (Wildman–Crippen MR) is 70.0 cm³/mol. The fraction of sp³-hybridized carbons (Fsp3) is 0.600. The Morgan fingerprint density at radius 3 is 2.31 bits per heavy atom. The van der Waals surface area contributed by atoms with E-state index in [0.29, 0.717) is 17.4 Å². The van der Waals surface area contributed by atoms with Gasteiger partial charge >= 0.3 is 0 Å². The molecule has 16 heavy (non-hydrogen) atoms. The topological polar surface area (TPSA) is 12.0 Å². The van der Waals surface area contributed by atoms with Crippen LogP contribution in [0.4, 0.5) is 0 Å². The lowest BCUT2D eigenvalue weighted by Crippen LogP contribution is -2.35. The SMILES string of the molecule is CC(C)c1ccc(C2(C)CCNC2C)cc1. The van der Waals surface area contributed by atoms with Gasteiger partial charge in [-0.3, -0.25) is 0 Å². The summed E-state index contributed by atoms with van der Waals surface area (Å²) in [5, 5.41) is 3.55. The Hall–Kier alpha value is -0.820. The van der Waals surface area contributed by atoms with Gasteiger partial charge in [0.2, 0.25) is 0 Å². The van der Waals surface area contributed by atoms with Gasteiger partial charge in [0.1, 0.15) is 0 Å². The van der Waals surface area contributed by atoms with Crippen LogP contribution in [0.5, 0.6) is 0 Å². The van der Waals surface area contributed by atoms with Crippen LogP contribution in [0.1, 0.15) is 51.2 Å². The van der Waals surface area contributed by atoms with Crippen LogP contribution >= 0.6 is 0 Å². The molecule has 0 bridgehead atoms. The fourth-order valence-corrected chi connectivity index (χ4v) is 2.63. The van der Waals surface area contributed by atoms with E-state index in [0.717, 1.165) is 6.54 Å². The van der Waals surface area contributed by atoms with E-state index in [9.17, 15) is 0 Å². The van der Waals surface area contributed by atoms with Crippen molar-refractivity contribution in [3.8, 4) is 0 Å². The van der Waals surface area contributed by atoms with Gasteiger partial charge in [0.25, 0.3) is 0 Å². The largest absolute Gasteiger partial charge is 0.313 e. The summed E-state index contributed by atoms with van der Waals surface area (Å²) in [6.45, 7) is 10.3. The first-order chi connectivity index (χ1) is 7.54. The molecule has 1 nitrogen and oxygen atoms in total. The summed E-state index contributed by atoms with van der Waals surface area (Å²) in [7, 11) is 0. The highest BCUT2D eigenvalue weighted by atomic mass is 15.0. The van der Waals surface area contributed by atoms with E-state index in [4.69, 9.17) is 0 Å². The van der Waals surface area contributed by atoms with Crippen molar-refractivity contribution in [2.24, 2.45) is 0 Å². The van der Waals surface area contributed by atoms with Crippen LogP contribution in [-0.4, -0.2) is 12.6 Å². The van der Waals surface area contributed by atoms with Crippen molar-refractivity contribution in [2.45, 2.75) is 51.5 Å². The molecule has 0 aromatic heterocycles. The Balaban J connectivity index is 2.27. The van der Waals surface area contributed by atoms with E-state index in [1.54, 1.807) is 0 Å². The quantitative estimate of drug-likeness (QED) is 0.800. The molecule has 88 valence electrons. The normalized spacial score (nSPS) is 29.9. The first-order valence-electron chi connectivity index (χ1n) is 6.38. The zero-order valence-electron chi connectivity index (χ0n) is 10.9. The fourth-order valence-electron chi connectivity index (χ4n) is 2.63. The monoisotopic (exact) mass is 217 g/mol. The molecule has 0 spiro atoms. The molecule has 0 radical (unpaired) electrons. The second kappa shape index (κ2) is 4.21. The summed E-state index contributed by atoms with van der Waals surface area (Å²) in [4.78, 5) is 0. The van der Waals surface area contributed by atoms with Crippen molar-refractivity contribution in [3.63, 3.8) is 0 Å². The highest BCUT2D eigenvalue weighted by Gasteiger charge is 2.36. The summed E-state index contributed by atoms with van der Waals surface area (Å²) in [5.74, 6) is 0.626. The first-order valence-corrected chi connectivity index (χ1v) is 6.38. The number of nitrogens with one attached hydrogen (secondary N) is 1. The van der Waals surface area contributed by atoms with Gasteiger partial charge in [-0.05, 0) is 36.9 Å². The Labute approximate surface area is 99.3 Å². The van der Waals surface area contributed by atoms with Crippen LogP contribution in [0.25, 0.3) is 0 Å². The maximum Gasteiger partial charge on any atom is 0.0133 e. The van der Waals surface area contributed by atoms with Crippen molar-refractivity contribution >= 4 is 0 Å². The number of hydrogen-bond acceptors (Lipinski definition) is 1. The molecule has 0 saturated carbocycles. The number of rotatable bonds is 2. The van der Waals surface area contributed by atoms with Gasteiger partial charge in [-0.1, -0.05) is 45.0 Å². The lowest BCUT2D eigenvalue weighted by molar-refractivity contribution is 0.427. The van der Waals surface area contributed by atoms with Crippen LogP contribution in [0.15, 0.2) is 24.3 Å². The number of hydrogen-bond donors (Lipinski definition) is 1. The minimum Gasteiger partial charge on any atom is -0.313 e. The maximum atomic E-state index is 3.55. The molecule has 2 unspecified atom stereocenters. The maximum absolute atomic E-state index is 3.55. The molecule has 1 aliphatic heterocycles. The third-order valence-corrected chi connectivity index (χ3v) is 4.29. The molecule has 1 heteroatoms. The summed E-state index contributed by atoms with van der Waals surface area (Å²) in [6, 6.07) is 9.79. The Kier molecular flexibility index (Phi) is 3.07. The average Bonchev–Trinajstić information content (AvgIpc) is 2.61. The standard InChI is InChI=1S/C15H23N/c1-11(2)13-5-7-14(8-6-13)15(4)9-10-16-12(15)3/h5-8,11-12,16H,9-10H2,1-4H3. The summed E-state index contributed by atoms with van der Waals surface area (Å²) in [6.07, 6.45) is 1.25. The third kappa shape index (κ3) is 1.89. The molecule has 2 atom stereocenters. The van der Waals surface area contributed by atoms with Gasteiger partial charge in [-0.15, -0.1) is 0 Å². The summed E-state index contributed by atoms with van der Waals surface area (Å²) < 4.78 is 0. The van der Waals surface area contributed by atoms with Crippen LogP contribution < -0.4 is 5.32 Å². The van der Waals surface area contributed by atoms with Crippen molar-refractivity contribution in [2.75, 3.05) is 6.54 Å².